The topological polar surface area (TPSA) is 59.7 Å². The van der Waals surface area contributed by atoms with Gasteiger partial charge in [-0.15, -0.1) is 21.5 Å². The number of nitrogens with zero attached hydrogens (tertiary/aromatic N) is 6. The molecule has 7 heteroatoms. The summed E-state index contributed by atoms with van der Waals surface area (Å²) in [6.07, 6.45) is 6.23. The zero-order valence-electron chi connectivity index (χ0n) is 12.9. The molecule has 23 heavy (non-hydrogen) atoms. The predicted molar refractivity (Wildman–Crippen MR) is 89.9 cm³/mol. The van der Waals surface area contributed by atoms with Crippen LogP contribution in [0.3, 0.4) is 0 Å². The monoisotopic (exact) mass is 326 g/mol. The molecule has 5 heterocycles. The summed E-state index contributed by atoms with van der Waals surface area (Å²) in [5.41, 5.74) is 0. The smallest absolute Gasteiger partial charge is 0.140 e. The third-order valence-electron chi connectivity index (χ3n) is 5.04. The van der Waals surface area contributed by atoms with E-state index in [2.05, 4.69) is 41.1 Å². The van der Waals surface area contributed by atoms with Crippen LogP contribution in [0.5, 0.6) is 0 Å². The maximum atomic E-state index is 4.54. The number of hydrogen-bond donors (Lipinski definition) is 0. The third kappa shape index (κ3) is 2.14. The van der Waals surface area contributed by atoms with Crippen molar-refractivity contribution < 1.29 is 0 Å². The fourth-order valence-electron chi connectivity index (χ4n) is 3.85. The first-order chi connectivity index (χ1) is 11.4. The molecular weight excluding hydrogens is 308 g/mol. The van der Waals surface area contributed by atoms with Gasteiger partial charge in [-0.2, -0.15) is 0 Å². The van der Waals surface area contributed by atoms with Gasteiger partial charge >= 0.3 is 0 Å². The maximum Gasteiger partial charge on any atom is 0.140 e. The Kier molecular flexibility index (Phi) is 3.07. The minimum absolute atomic E-state index is 0.533. The molecule has 1 saturated heterocycles. The lowest BCUT2D eigenvalue weighted by Gasteiger charge is -2.32. The number of piperidine rings is 1. The quantitative estimate of drug-likeness (QED) is 0.724. The fourth-order valence-corrected chi connectivity index (χ4v) is 4.58. The highest BCUT2D eigenvalue weighted by Crippen LogP contribution is 2.33. The van der Waals surface area contributed by atoms with Crippen molar-refractivity contribution in [2.75, 3.05) is 18.0 Å². The number of aromatic nitrogens is 5. The summed E-state index contributed by atoms with van der Waals surface area (Å²) in [6, 6.07) is 2.13. The largest absolute Gasteiger partial charge is 0.356 e. The normalized spacial score (nSPS) is 18.7. The molecule has 118 valence electrons. The van der Waals surface area contributed by atoms with Gasteiger partial charge in [0.25, 0.3) is 0 Å². The minimum atomic E-state index is 0.533. The van der Waals surface area contributed by atoms with Crippen LogP contribution in [0, 0.1) is 0 Å². The SMILES string of the molecule is c1nc(N2CCC(c3nnc4n3CCC4)CC2)c2ccsc2n1. The van der Waals surface area contributed by atoms with E-state index in [0.717, 1.165) is 49.5 Å². The second kappa shape index (κ2) is 5.26. The van der Waals surface area contributed by atoms with Gasteiger partial charge in [0.15, 0.2) is 0 Å². The zero-order valence-corrected chi connectivity index (χ0v) is 13.7. The Morgan fingerprint density at radius 1 is 1.09 bits per heavy atom. The number of anilines is 1. The molecule has 0 amide bonds. The summed E-state index contributed by atoms with van der Waals surface area (Å²) in [6.45, 7) is 3.14. The van der Waals surface area contributed by atoms with Crippen molar-refractivity contribution in [1.82, 2.24) is 24.7 Å². The molecule has 0 spiro atoms. The molecule has 0 N–H and O–H groups in total. The predicted octanol–water partition coefficient (Wildman–Crippen LogP) is 2.61. The lowest BCUT2D eigenvalue weighted by atomic mass is 9.95. The summed E-state index contributed by atoms with van der Waals surface area (Å²) in [4.78, 5) is 12.4. The van der Waals surface area contributed by atoms with Crippen LogP contribution in [0.25, 0.3) is 10.2 Å². The van der Waals surface area contributed by atoms with E-state index < -0.39 is 0 Å². The van der Waals surface area contributed by atoms with Crippen LogP contribution in [0.4, 0.5) is 5.82 Å². The van der Waals surface area contributed by atoms with E-state index in [-0.39, 0.29) is 0 Å². The lowest BCUT2D eigenvalue weighted by Crippen LogP contribution is -2.34. The Morgan fingerprint density at radius 2 is 2.00 bits per heavy atom. The van der Waals surface area contributed by atoms with Crippen molar-refractivity contribution in [1.29, 1.82) is 0 Å². The molecule has 3 aromatic rings. The molecule has 2 aliphatic heterocycles. The standard InChI is InChI=1S/C16H18N6S/c1-2-13-19-20-14(22(13)6-1)11-3-7-21(8-4-11)15-12-5-9-23-16(12)18-10-17-15/h5,9-11H,1-4,6-8H2. The average molecular weight is 326 g/mol. The number of thiophene rings is 1. The van der Waals surface area contributed by atoms with Crippen LogP contribution in [-0.4, -0.2) is 37.8 Å². The minimum Gasteiger partial charge on any atom is -0.356 e. The highest BCUT2D eigenvalue weighted by molar-refractivity contribution is 7.16. The number of aryl methyl sites for hydroxylation is 1. The van der Waals surface area contributed by atoms with E-state index in [0.29, 0.717) is 5.92 Å². The number of hydrogen-bond acceptors (Lipinski definition) is 6. The Bertz CT molecular complexity index is 845. The summed E-state index contributed by atoms with van der Waals surface area (Å²) in [5.74, 6) is 4.00. The van der Waals surface area contributed by atoms with Crippen LogP contribution >= 0.6 is 11.3 Å². The molecule has 2 aliphatic rings. The molecule has 6 nitrogen and oxygen atoms in total. The first-order valence-electron chi connectivity index (χ1n) is 8.25. The highest BCUT2D eigenvalue weighted by atomic mass is 32.1. The van der Waals surface area contributed by atoms with E-state index in [4.69, 9.17) is 0 Å². The molecule has 0 aromatic carbocycles. The van der Waals surface area contributed by atoms with E-state index in [1.165, 1.54) is 23.5 Å². The Balaban J connectivity index is 1.37. The van der Waals surface area contributed by atoms with Crippen LogP contribution in [0.15, 0.2) is 17.8 Å². The van der Waals surface area contributed by atoms with Crippen molar-refractivity contribution in [3.05, 3.63) is 29.4 Å². The summed E-state index contributed by atoms with van der Waals surface area (Å²) >= 11 is 1.68. The van der Waals surface area contributed by atoms with Crippen LogP contribution in [-0.2, 0) is 13.0 Å². The van der Waals surface area contributed by atoms with E-state index in [1.807, 2.05) is 0 Å². The highest BCUT2D eigenvalue weighted by Gasteiger charge is 2.28. The molecule has 0 unspecified atom stereocenters. The number of fused-ring (bicyclic) bond motifs is 2. The van der Waals surface area contributed by atoms with Crippen molar-refractivity contribution in [3.8, 4) is 0 Å². The molecule has 0 bridgehead atoms. The van der Waals surface area contributed by atoms with Crippen molar-refractivity contribution in [2.45, 2.75) is 38.1 Å². The maximum absolute atomic E-state index is 4.54. The zero-order chi connectivity index (χ0) is 15.2. The second-order valence-corrected chi connectivity index (χ2v) is 7.22. The van der Waals surface area contributed by atoms with Crippen LogP contribution in [0.1, 0.15) is 36.8 Å². The third-order valence-corrected chi connectivity index (χ3v) is 5.86. The van der Waals surface area contributed by atoms with Gasteiger partial charge in [0, 0.05) is 32.0 Å². The van der Waals surface area contributed by atoms with Gasteiger partial charge in [-0.1, -0.05) is 0 Å². The molecule has 0 saturated carbocycles. The Labute approximate surface area is 138 Å². The first-order valence-corrected chi connectivity index (χ1v) is 9.13. The van der Waals surface area contributed by atoms with Gasteiger partial charge in [-0.25, -0.2) is 9.97 Å². The molecule has 0 aliphatic carbocycles. The lowest BCUT2D eigenvalue weighted by molar-refractivity contribution is 0.466. The molecule has 0 radical (unpaired) electrons. The van der Waals surface area contributed by atoms with Crippen LogP contribution < -0.4 is 4.90 Å². The molecule has 3 aromatic heterocycles. The Hall–Kier alpha value is -2.02. The van der Waals surface area contributed by atoms with Crippen LogP contribution in [0.2, 0.25) is 0 Å². The fraction of sp³-hybridized carbons (Fsp3) is 0.500. The van der Waals surface area contributed by atoms with E-state index in [1.54, 1.807) is 17.7 Å². The average Bonchev–Trinajstić information content (AvgIpc) is 3.30. The first kappa shape index (κ1) is 13.4. The van der Waals surface area contributed by atoms with E-state index in [9.17, 15) is 0 Å². The molecule has 1 fully saturated rings. The van der Waals surface area contributed by atoms with Crippen molar-refractivity contribution in [3.63, 3.8) is 0 Å². The number of rotatable bonds is 2. The van der Waals surface area contributed by atoms with Crippen molar-refractivity contribution in [2.24, 2.45) is 0 Å². The van der Waals surface area contributed by atoms with E-state index >= 15 is 0 Å². The van der Waals surface area contributed by atoms with Gasteiger partial charge in [0.1, 0.15) is 28.6 Å². The van der Waals surface area contributed by atoms with Gasteiger partial charge < -0.3 is 9.47 Å². The summed E-state index contributed by atoms with van der Waals surface area (Å²) in [5, 5.41) is 12.1. The summed E-state index contributed by atoms with van der Waals surface area (Å²) < 4.78 is 2.35. The summed E-state index contributed by atoms with van der Waals surface area (Å²) in [7, 11) is 0. The van der Waals surface area contributed by atoms with Gasteiger partial charge in [0.05, 0.1) is 5.39 Å². The molecular formula is C16H18N6S. The Morgan fingerprint density at radius 3 is 2.91 bits per heavy atom. The molecule has 5 rings (SSSR count). The van der Waals surface area contributed by atoms with Crippen molar-refractivity contribution >= 4 is 27.4 Å². The van der Waals surface area contributed by atoms with Gasteiger partial charge in [-0.05, 0) is 30.7 Å². The van der Waals surface area contributed by atoms with Gasteiger partial charge in [-0.3, -0.25) is 0 Å². The van der Waals surface area contributed by atoms with Gasteiger partial charge in [0.2, 0.25) is 0 Å². The second-order valence-electron chi connectivity index (χ2n) is 6.33. The molecule has 0 atom stereocenters.